The zero-order valence-corrected chi connectivity index (χ0v) is 8.88. The van der Waals surface area contributed by atoms with Gasteiger partial charge in [-0.05, 0) is 25.1 Å². The molecule has 0 saturated heterocycles. The summed E-state index contributed by atoms with van der Waals surface area (Å²) < 4.78 is 1.82. The van der Waals surface area contributed by atoms with Crippen LogP contribution in [0, 0.1) is 0 Å². The molecule has 80 valence electrons. The normalized spacial score (nSPS) is 10.1. The minimum atomic E-state index is 0.0321. The van der Waals surface area contributed by atoms with Crippen molar-refractivity contribution in [2.45, 2.75) is 6.92 Å². The first-order chi connectivity index (χ1) is 7.70. The SMILES string of the molecule is CC(=O)c1cccc(-n2ccc(C=O)c2)c1. The van der Waals surface area contributed by atoms with E-state index in [0.717, 1.165) is 12.0 Å². The third-order valence-corrected chi connectivity index (χ3v) is 2.40. The lowest BCUT2D eigenvalue weighted by atomic mass is 10.1. The summed E-state index contributed by atoms with van der Waals surface area (Å²) in [6.07, 6.45) is 4.32. The molecule has 1 heterocycles. The Labute approximate surface area is 93.3 Å². The van der Waals surface area contributed by atoms with E-state index < -0.39 is 0 Å². The Morgan fingerprint density at radius 2 is 2.12 bits per heavy atom. The van der Waals surface area contributed by atoms with E-state index in [2.05, 4.69) is 0 Å². The number of hydrogen-bond acceptors (Lipinski definition) is 2. The van der Waals surface area contributed by atoms with Crippen LogP contribution in [-0.2, 0) is 0 Å². The van der Waals surface area contributed by atoms with Crippen LogP contribution in [0.5, 0.6) is 0 Å². The monoisotopic (exact) mass is 213 g/mol. The van der Waals surface area contributed by atoms with Crippen LogP contribution >= 0.6 is 0 Å². The third-order valence-electron chi connectivity index (χ3n) is 2.40. The summed E-state index contributed by atoms with van der Waals surface area (Å²) in [6, 6.07) is 9.02. The third kappa shape index (κ3) is 1.93. The van der Waals surface area contributed by atoms with Crippen LogP contribution in [0.1, 0.15) is 27.6 Å². The highest BCUT2D eigenvalue weighted by Gasteiger charge is 2.02. The lowest BCUT2D eigenvalue weighted by Crippen LogP contribution is -1.95. The highest BCUT2D eigenvalue weighted by molar-refractivity contribution is 5.94. The van der Waals surface area contributed by atoms with Gasteiger partial charge in [0.05, 0.1) is 0 Å². The predicted molar refractivity (Wildman–Crippen MR) is 61.2 cm³/mol. The number of aldehydes is 1. The quantitative estimate of drug-likeness (QED) is 0.580. The number of Topliss-reactive ketones (excluding diaryl/α,β-unsaturated/α-hetero) is 1. The highest BCUT2D eigenvalue weighted by atomic mass is 16.1. The van der Waals surface area contributed by atoms with Crippen molar-refractivity contribution < 1.29 is 9.59 Å². The number of rotatable bonds is 3. The molecule has 0 saturated carbocycles. The van der Waals surface area contributed by atoms with Crippen molar-refractivity contribution in [3.05, 3.63) is 53.9 Å². The highest BCUT2D eigenvalue weighted by Crippen LogP contribution is 2.12. The molecule has 3 heteroatoms. The second-order valence-electron chi connectivity index (χ2n) is 3.58. The predicted octanol–water partition coefficient (Wildman–Crippen LogP) is 2.49. The van der Waals surface area contributed by atoms with E-state index in [1.165, 1.54) is 6.92 Å². The van der Waals surface area contributed by atoms with E-state index >= 15 is 0 Å². The molecule has 16 heavy (non-hydrogen) atoms. The number of carbonyl (C=O) groups excluding carboxylic acids is 2. The van der Waals surface area contributed by atoms with Gasteiger partial charge < -0.3 is 4.57 Å². The molecule has 1 aromatic carbocycles. The first kappa shape index (κ1) is 10.4. The van der Waals surface area contributed by atoms with Crippen molar-refractivity contribution >= 4 is 12.1 Å². The van der Waals surface area contributed by atoms with Gasteiger partial charge in [-0.15, -0.1) is 0 Å². The zero-order chi connectivity index (χ0) is 11.5. The lowest BCUT2D eigenvalue weighted by molar-refractivity contribution is 0.101. The fraction of sp³-hybridized carbons (Fsp3) is 0.0769. The Balaban J connectivity index is 2.43. The minimum absolute atomic E-state index is 0.0321. The van der Waals surface area contributed by atoms with Crippen molar-refractivity contribution in [3.63, 3.8) is 0 Å². The molecule has 2 rings (SSSR count). The molecule has 0 spiro atoms. The summed E-state index contributed by atoms with van der Waals surface area (Å²) in [5.41, 5.74) is 2.16. The summed E-state index contributed by atoms with van der Waals surface area (Å²) in [5.74, 6) is 0.0321. The number of carbonyl (C=O) groups is 2. The molecule has 2 aromatic rings. The van der Waals surface area contributed by atoms with Crippen molar-refractivity contribution in [2.24, 2.45) is 0 Å². The van der Waals surface area contributed by atoms with Gasteiger partial charge in [-0.1, -0.05) is 12.1 Å². The number of benzene rings is 1. The topological polar surface area (TPSA) is 39.1 Å². The smallest absolute Gasteiger partial charge is 0.159 e. The maximum atomic E-state index is 11.2. The van der Waals surface area contributed by atoms with Crippen LogP contribution in [-0.4, -0.2) is 16.6 Å². The van der Waals surface area contributed by atoms with Crippen LogP contribution in [0.4, 0.5) is 0 Å². The molecule has 0 aliphatic carbocycles. The van der Waals surface area contributed by atoms with Gasteiger partial charge in [0.2, 0.25) is 0 Å². The van der Waals surface area contributed by atoms with Crippen molar-refractivity contribution in [1.82, 2.24) is 4.57 Å². The van der Waals surface area contributed by atoms with E-state index in [9.17, 15) is 9.59 Å². The van der Waals surface area contributed by atoms with E-state index in [1.54, 1.807) is 30.6 Å². The van der Waals surface area contributed by atoms with E-state index in [-0.39, 0.29) is 5.78 Å². The minimum Gasteiger partial charge on any atom is -0.323 e. The second-order valence-corrected chi connectivity index (χ2v) is 3.58. The van der Waals surface area contributed by atoms with E-state index in [1.807, 2.05) is 16.7 Å². The largest absolute Gasteiger partial charge is 0.323 e. The van der Waals surface area contributed by atoms with E-state index in [0.29, 0.717) is 11.1 Å². The number of nitrogens with zero attached hydrogens (tertiary/aromatic N) is 1. The lowest BCUT2D eigenvalue weighted by Gasteiger charge is -2.03. The Morgan fingerprint density at radius 3 is 2.75 bits per heavy atom. The van der Waals surface area contributed by atoms with Crippen molar-refractivity contribution in [1.29, 1.82) is 0 Å². The molecule has 0 atom stereocenters. The van der Waals surface area contributed by atoms with Gasteiger partial charge in [-0.3, -0.25) is 9.59 Å². The molecule has 0 unspecified atom stereocenters. The standard InChI is InChI=1S/C13H11NO2/c1-10(16)12-3-2-4-13(7-12)14-6-5-11(8-14)9-15/h2-9H,1H3. The van der Waals surface area contributed by atoms with Gasteiger partial charge in [-0.2, -0.15) is 0 Å². The summed E-state index contributed by atoms with van der Waals surface area (Å²) >= 11 is 0. The Morgan fingerprint density at radius 1 is 1.31 bits per heavy atom. The first-order valence-electron chi connectivity index (χ1n) is 4.95. The molecule has 0 radical (unpaired) electrons. The average Bonchev–Trinajstić information content (AvgIpc) is 2.77. The Hall–Kier alpha value is -2.16. The summed E-state index contributed by atoms with van der Waals surface area (Å²) in [5, 5.41) is 0. The van der Waals surface area contributed by atoms with Crippen LogP contribution in [0.2, 0.25) is 0 Å². The van der Waals surface area contributed by atoms with Crippen LogP contribution in [0.25, 0.3) is 5.69 Å². The van der Waals surface area contributed by atoms with Crippen molar-refractivity contribution in [2.75, 3.05) is 0 Å². The number of ketones is 1. The molecule has 0 aliphatic heterocycles. The van der Waals surface area contributed by atoms with Gasteiger partial charge in [0.25, 0.3) is 0 Å². The van der Waals surface area contributed by atoms with Crippen molar-refractivity contribution in [3.8, 4) is 5.69 Å². The molecule has 0 aliphatic rings. The number of aromatic nitrogens is 1. The van der Waals surface area contributed by atoms with Gasteiger partial charge in [0, 0.05) is 29.2 Å². The second kappa shape index (κ2) is 4.14. The van der Waals surface area contributed by atoms with Gasteiger partial charge in [0.15, 0.2) is 12.1 Å². The molecule has 0 bridgehead atoms. The zero-order valence-electron chi connectivity index (χ0n) is 8.88. The van der Waals surface area contributed by atoms with Gasteiger partial charge in [0.1, 0.15) is 0 Å². The summed E-state index contributed by atoms with van der Waals surface area (Å²) in [6.45, 7) is 1.53. The molecular weight excluding hydrogens is 202 g/mol. The van der Waals surface area contributed by atoms with E-state index in [4.69, 9.17) is 0 Å². The summed E-state index contributed by atoms with van der Waals surface area (Å²) in [7, 11) is 0. The molecule has 0 N–H and O–H groups in total. The van der Waals surface area contributed by atoms with Crippen LogP contribution in [0.15, 0.2) is 42.7 Å². The molecule has 3 nitrogen and oxygen atoms in total. The van der Waals surface area contributed by atoms with Gasteiger partial charge >= 0.3 is 0 Å². The average molecular weight is 213 g/mol. The molecule has 0 amide bonds. The summed E-state index contributed by atoms with van der Waals surface area (Å²) in [4.78, 5) is 21.8. The molecule has 1 aromatic heterocycles. The molecular formula is C13H11NO2. The van der Waals surface area contributed by atoms with Crippen LogP contribution in [0.3, 0.4) is 0 Å². The Kier molecular flexibility index (Phi) is 2.68. The molecule has 0 fully saturated rings. The Bertz CT molecular complexity index is 540. The fourth-order valence-electron chi connectivity index (χ4n) is 1.53. The maximum absolute atomic E-state index is 11.2. The van der Waals surface area contributed by atoms with Crippen LogP contribution < -0.4 is 0 Å². The fourth-order valence-corrected chi connectivity index (χ4v) is 1.53. The maximum Gasteiger partial charge on any atom is 0.159 e. The first-order valence-corrected chi connectivity index (χ1v) is 4.95. The number of hydrogen-bond donors (Lipinski definition) is 0. The van der Waals surface area contributed by atoms with Gasteiger partial charge in [-0.25, -0.2) is 0 Å².